The number of hydrogen-bond donors (Lipinski definition) is 0. The summed E-state index contributed by atoms with van der Waals surface area (Å²) >= 11 is 0. The van der Waals surface area contributed by atoms with Gasteiger partial charge in [0.15, 0.2) is 0 Å². The van der Waals surface area contributed by atoms with Crippen molar-refractivity contribution in [1.29, 1.82) is 0 Å². The lowest BCUT2D eigenvalue weighted by Gasteiger charge is -2.32. The maximum Gasteiger partial charge on any atom is 0.256 e. The molecule has 0 atom stereocenters. The molecule has 0 saturated carbocycles. The molecule has 3 aromatic rings. The summed E-state index contributed by atoms with van der Waals surface area (Å²) in [5, 5.41) is 0. The fraction of sp³-hybridized carbons (Fsp3) is 0.333. The molecule has 1 aliphatic rings. The second-order valence-electron chi connectivity index (χ2n) is 6.37. The van der Waals surface area contributed by atoms with Crippen LogP contribution in [-0.4, -0.2) is 53.4 Å². The molecule has 8 heteroatoms. The highest BCUT2D eigenvalue weighted by molar-refractivity contribution is 5.93. The van der Waals surface area contributed by atoms with Gasteiger partial charge in [0, 0.05) is 50.8 Å². The Morgan fingerprint density at radius 3 is 2.46 bits per heavy atom. The number of likely N-dealkylation sites (tertiary alicyclic amines) is 1. The van der Waals surface area contributed by atoms with Crippen LogP contribution < -0.4 is 0 Å². The molecule has 0 aliphatic carbocycles. The van der Waals surface area contributed by atoms with E-state index in [0.29, 0.717) is 18.7 Å². The van der Waals surface area contributed by atoms with E-state index in [0.717, 1.165) is 29.9 Å². The quantitative estimate of drug-likeness (QED) is 0.715. The van der Waals surface area contributed by atoms with E-state index in [2.05, 4.69) is 24.9 Å². The van der Waals surface area contributed by atoms with E-state index in [-0.39, 0.29) is 11.8 Å². The molecule has 4 rings (SSSR count). The summed E-state index contributed by atoms with van der Waals surface area (Å²) in [6, 6.07) is 0. The first-order valence-corrected chi connectivity index (χ1v) is 8.56. The van der Waals surface area contributed by atoms with Crippen molar-refractivity contribution in [3.05, 3.63) is 54.9 Å². The fourth-order valence-corrected chi connectivity index (χ4v) is 3.38. The molecule has 1 aliphatic heterocycles. The minimum absolute atomic E-state index is 0.0185. The van der Waals surface area contributed by atoms with Crippen LogP contribution in [0.4, 0.5) is 0 Å². The molecule has 3 aromatic heterocycles. The van der Waals surface area contributed by atoms with E-state index in [1.54, 1.807) is 31.1 Å². The van der Waals surface area contributed by atoms with Crippen LogP contribution in [0.15, 0.2) is 43.6 Å². The number of carbonyl (C=O) groups excluding carboxylic acids is 1. The normalized spacial score (nSPS) is 15.2. The van der Waals surface area contributed by atoms with E-state index in [1.165, 1.54) is 6.33 Å². The number of aryl methyl sites for hydroxylation is 1. The average molecular weight is 349 g/mol. The molecule has 0 aromatic carbocycles. The summed E-state index contributed by atoms with van der Waals surface area (Å²) in [6.45, 7) is 1.36. The van der Waals surface area contributed by atoms with Gasteiger partial charge >= 0.3 is 0 Å². The highest BCUT2D eigenvalue weighted by atomic mass is 16.2. The van der Waals surface area contributed by atoms with Crippen molar-refractivity contribution in [3.8, 4) is 11.4 Å². The first-order valence-electron chi connectivity index (χ1n) is 8.56. The Morgan fingerprint density at radius 2 is 1.77 bits per heavy atom. The largest absolute Gasteiger partial charge is 0.339 e. The summed E-state index contributed by atoms with van der Waals surface area (Å²) in [6.07, 6.45) is 13.3. The Kier molecular flexibility index (Phi) is 4.39. The first-order chi connectivity index (χ1) is 12.7. The SMILES string of the molecule is Cn1cncc1-c1nccnc1C1CCN(C(=O)c2cncnc2)CC1. The van der Waals surface area contributed by atoms with Crippen molar-refractivity contribution in [3.63, 3.8) is 0 Å². The summed E-state index contributed by atoms with van der Waals surface area (Å²) in [7, 11) is 1.95. The van der Waals surface area contributed by atoms with Gasteiger partial charge < -0.3 is 9.47 Å². The lowest BCUT2D eigenvalue weighted by Crippen LogP contribution is -2.38. The maximum absolute atomic E-state index is 12.5. The standard InChI is InChI=1S/C18H19N7O/c1-24-12-21-10-15(24)17-16(22-4-5-23-17)13-2-6-25(7-3-13)18(26)14-8-19-11-20-9-14/h4-5,8-13H,2-3,6-7H2,1H3. The van der Waals surface area contributed by atoms with Gasteiger partial charge in [0.2, 0.25) is 0 Å². The van der Waals surface area contributed by atoms with Gasteiger partial charge in [-0.15, -0.1) is 0 Å². The third-order valence-electron chi connectivity index (χ3n) is 4.76. The Labute approximate surface area is 151 Å². The number of rotatable bonds is 3. The van der Waals surface area contributed by atoms with Crippen molar-refractivity contribution in [2.24, 2.45) is 7.05 Å². The molecular weight excluding hydrogens is 330 g/mol. The van der Waals surface area contributed by atoms with Gasteiger partial charge in [0.25, 0.3) is 5.91 Å². The smallest absolute Gasteiger partial charge is 0.256 e. The van der Waals surface area contributed by atoms with Crippen LogP contribution in [0.3, 0.4) is 0 Å². The maximum atomic E-state index is 12.5. The Balaban J connectivity index is 1.51. The molecule has 26 heavy (non-hydrogen) atoms. The second-order valence-corrected chi connectivity index (χ2v) is 6.37. The first kappa shape index (κ1) is 16.3. The van der Waals surface area contributed by atoms with E-state index in [9.17, 15) is 4.79 Å². The van der Waals surface area contributed by atoms with Gasteiger partial charge in [-0.3, -0.25) is 14.8 Å². The summed E-state index contributed by atoms with van der Waals surface area (Å²) in [5.74, 6) is 0.250. The van der Waals surface area contributed by atoms with Crippen LogP contribution in [0, 0.1) is 0 Å². The number of nitrogens with zero attached hydrogens (tertiary/aromatic N) is 7. The van der Waals surface area contributed by atoms with Crippen LogP contribution in [0.2, 0.25) is 0 Å². The predicted octanol–water partition coefficient (Wildman–Crippen LogP) is 1.69. The molecular formula is C18H19N7O. The lowest BCUT2D eigenvalue weighted by molar-refractivity contribution is 0.0711. The number of carbonyl (C=O) groups is 1. The van der Waals surface area contributed by atoms with E-state index >= 15 is 0 Å². The number of piperidine rings is 1. The van der Waals surface area contributed by atoms with E-state index in [4.69, 9.17) is 0 Å². The highest BCUT2D eigenvalue weighted by Gasteiger charge is 2.28. The topological polar surface area (TPSA) is 89.7 Å². The van der Waals surface area contributed by atoms with Crippen LogP contribution in [-0.2, 0) is 7.05 Å². The zero-order chi connectivity index (χ0) is 17.9. The average Bonchev–Trinajstić information content (AvgIpc) is 3.14. The zero-order valence-electron chi connectivity index (χ0n) is 14.5. The Hall–Kier alpha value is -3.16. The Bertz CT molecular complexity index is 901. The zero-order valence-corrected chi connectivity index (χ0v) is 14.5. The molecule has 132 valence electrons. The highest BCUT2D eigenvalue weighted by Crippen LogP contribution is 2.32. The van der Waals surface area contributed by atoms with Crippen LogP contribution in [0.5, 0.6) is 0 Å². The van der Waals surface area contributed by atoms with Crippen molar-refractivity contribution < 1.29 is 4.79 Å². The fourth-order valence-electron chi connectivity index (χ4n) is 3.38. The summed E-state index contributed by atoms with van der Waals surface area (Å²) < 4.78 is 1.95. The molecule has 0 radical (unpaired) electrons. The minimum atomic E-state index is -0.0185. The van der Waals surface area contributed by atoms with Crippen molar-refractivity contribution in [1.82, 2.24) is 34.4 Å². The molecule has 0 unspecified atom stereocenters. The number of hydrogen-bond acceptors (Lipinski definition) is 6. The molecule has 4 heterocycles. The Morgan fingerprint density at radius 1 is 1.04 bits per heavy atom. The van der Waals surface area contributed by atoms with Crippen molar-refractivity contribution in [2.45, 2.75) is 18.8 Å². The van der Waals surface area contributed by atoms with E-state index in [1.807, 2.05) is 22.7 Å². The number of imidazole rings is 1. The van der Waals surface area contributed by atoms with E-state index < -0.39 is 0 Å². The predicted molar refractivity (Wildman–Crippen MR) is 94.1 cm³/mol. The summed E-state index contributed by atoms with van der Waals surface area (Å²) in [4.78, 5) is 35.6. The second kappa shape index (κ2) is 6.99. The molecule has 1 fully saturated rings. The van der Waals surface area contributed by atoms with Crippen LogP contribution >= 0.6 is 0 Å². The lowest BCUT2D eigenvalue weighted by atomic mass is 9.91. The minimum Gasteiger partial charge on any atom is -0.339 e. The monoisotopic (exact) mass is 349 g/mol. The van der Waals surface area contributed by atoms with Gasteiger partial charge in [0.1, 0.15) is 12.0 Å². The molecule has 1 saturated heterocycles. The third-order valence-corrected chi connectivity index (χ3v) is 4.76. The van der Waals surface area contributed by atoms with Gasteiger partial charge in [-0.25, -0.2) is 15.0 Å². The molecule has 0 bridgehead atoms. The number of aromatic nitrogens is 6. The van der Waals surface area contributed by atoms with Gasteiger partial charge in [-0.2, -0.15) is 0 Å². The van der Waals surface area contributed by atoms with Crippen LogP contribution in [0.25, 0.3) is 11.4 Å². The number of amides is 1. The van der Waals surface area contributed by atoms with Crippen molar-refractivity contribution >= 4 is 5.91 Å². The van der Waals surface area contributed by atoms with Crippen molar-refractivity contribution in [2.75, 3.05) is 13.1 Å². The van der Waals surface area contributed by atoms with Gasteiger partial charge in [-0.1, -0.05) is 0 Å². The van der Waals surface area contributed by atoms with Gasteiger partial charge in [0.05, 0.1) is 29.5 Å². The molecule has 8 nitrogen and oxygen atoms in total. The molecule has 0 spiro atoms. The third kappa shape index (κ3) is 3.05. The van der Waals surface area contributed by atoms with Gasteiger partial charge in [-0.05, 0) is 12.8 Å². The molecule has 1 amide bonds. The van der Waals surface area contributed by atoms with Crippen LogP contribution in [0.1, 0.15) is 34.8 Å². The summed E-state index contributed by atoms with van der Waals surface area (Å²) in [5.41, 5.74) is 3.33. The molecule has 0 N–H and O–H groups in total.